The Bertz CT molecular complexity index is 1280. The van der Waals surface area contributed by atoms with E-state index in [4.69, 9.17) is 9.94 Å². The van der Waals surface area contributed by atoms with Crippen LogP contribution in [0.4, 0.5) is 0 Å². The molecule has 0 atom stereocenters. The second-order valence-electron chi connectivity index (χ2n) is 11.2. The summed E-state index contributed by atoms with van der Waals surface area (Å²) in [5, 5.41) is 13.4. The molecule has 0 saturated carbocycles. The molecule has 1 saturated heterocycles. The van der Waals surface area contributed by atoms with E-state index in [1.165, 1.54) is 5.56 Å². The van der Waals surface area contributed by atoms with Crippen molar-refractivity contribution < 1.29 is 19.5 Å². The minimum absolute atomic E-state index is 0.00850. The van der Waals surface area contributed by atoms with Gasteiger partial charge in [-0.25, -0.2) is 5.48 Å². The summed E-state index contributed by atoms with van der Waals surface area (Å²) in [6.45, 7) is 10.5. The number of carbonyl (C=O) groups excluding carboxylic acids is 2. The predicted molar refractivity (Wildman–Crippen MR) is 147 cm³/mol. The summed E-state index contributed by atoms with van der Waals surface area (Å²) in [6, 6.07) is 17.3. The van der Waals surface area contributed by atoms with Crippen LogP contribution in [-0.2, 0) is 11.2 Å². The minimum atomic E-state index is -0.716. The lowest BCUT2D eigenvalue weighted by molar-refractivity contribution is -0.131. The van der Waals surface area contributed by atoms with E-state index in [9.17, 15) is 9.59 Å². The summed E-state index contributed by atoms with van der Waals surface area (Å²) >= 11 is 0. The Labute approximate surface area is 224 Å². The van der Waals surface area contributed by atoms with Gasteiger partial charge in [-0.1, -0.05) is 18.2 Å². The molecule has 4 rings (SSSR count). The van der Waals surface area contributed by atoms with Crippen molar-refractivity contribution in [1.29, 1.82) is 0 Å². The first-order valence-corrected chi connectivity index (χ1v) is 13.2. The van der Waals surface area contributed by atoms with Crippen LogP contribution in [0, 0.1) is 6.92 Å². The topological polar surface area (TPSA) is 104 Å². The number of nitrogens with zero attached hydrogens (tertiary/aromatic N) is 2. The van der Waals surface area contributed by atoms with Crippen LogP contribution in [-0.4, -0.2) is 57.7 Å². The minimum Gasteiger partial charge on any atom is -0.493 e. The molecule has 0 radical (unpaired) electrons. The number of nitrogens with one attached hydrogen (secondary N) is 2. The number of hydrogen-bond donors (Lipinski definition) is 3. The number of amides is 2. The molecule has 3 aromatic rings. The lowest BCUT2D eigenvalue weighted by Crippen LogP contribution is -2.59. The molecule has 0 aliphatic carbocycles. The van der Waals surface area contributed by atoms with Crippen molar-refractivity contribution in [2.75, 3.05) is 19.7 Å². The summed E-state index contributed by atoms with van der Waals surface area (Å²) in [6.07, 6.45) is 2.01. The molecule has 0 bridgehead atoms. The van der Waals surface area contributed by atoms with Crippen molar-refractivity contribution in [3.05, 3.63) is 71.4 Å². The van der Waals surface area contributed by atoms with Crippen LogP contribution in [0.15, 0.2) is 54.6 Å². The number of carbonyl (C=O) groups is 2. The summed E-state index contributed by atoms with van der Waals surface area (Å²) < 4.78 is 5.98. The third-order valence-electron chi connectivity index (χ3n) is 7.36. The second-order valence-corrected chi connectivity index (χ2v) is 11.2. The van der Waals surface area contributed by atoms with Crippen molar-refractivity contribution in [2.45, 2.75) is 64.5 Å². The van der Waals surface area contributed by atoms with Gasteiger partial charge in [0, 0.05) is 41.7 Å². The average molecular weight is 519 g/mol. The van der Waals surface area contributed by atoms with Gasteiger partial charge in [0.1, 0.15) is 5.75 Å². The fourth-order valence-corrected chi connectivity index (χ4v) is 5.19. The number of rotatable bonds is 8. The van der Waals surface area contributed by atoms with E-state index in [2.05, 4.69) is 48.1 Å². The summed E-state index contributed by atoms with van der Waals surface area (Å²) in [4.78, 5) is 32.2. The maximum atomic E-state index is 13.2. The fourth-order valence-electron chi connectivity index (χ4n) is 5.19. The SMILES string of the molecule is Cc1cc(CCOc2ccc(C(=O)NC3(CC(=O)NO)CCN(C(C)(C)C)CC3)cc2)c2ccccc2n1. The Morgan fingerprint density at radius 2 is 1.76 bits per heavy atom. The van der Waals surface area contributed by atoms with Gasteiger partial charge in [-0.3, -0.25) is 24.7 Å². The molecule has 2 heterocycles. The van der Waals surface area contributed by atoms with Gasteiger partial charge in [-0.15, -0.1) is 0 Å². The number of aromatic nitrogens is 1. The van der Waals surface area contributed by atoms with E-state index >= 15 is 0 Å². The van der Waals surface area contributed by atoms with Crippen molar-refractivity contribution in [3.63, 3.8) is 0 Å². The second kappa shape index (κ2) is 11.5. The number of aryl methyl sites for hydroxylation is 1. The van der Waals surface area contributed by atoms with Gasteiger partial charge in [0.25, 0.3) is 5.91 Å². The first-order chi connectivity index (χ1) is 18.1. The van der Waals surface area contributed by atoms with Crippen molar-refractivity contribution >= 4 is 22.7 Å². The zero-order valence-electron chi connectivity index (χ0n) is 22.7. The van der Waals surface area contributed by atoms with E-state index in [0.29, 0.717) is 30.8 Å². The molecule has 1 aliphatic rings. The maximum absolute atomic E-state index is 13.2. The molecule has 3 N–H and O–H groups in total. The molecular weight excluding hydrogens is 480 g/mol. The van der Waals surface area contributed by atoms with E-state index in [1.807, 2.05) is 25.1 Å². The number of fused-ring (bicyclic) bond motifs is 1. The van der Waals surface area contributed by atoms with Crippen LogP contribution in [0.3, 0.4) is 0 Å². The molecule has 1 fully saturated rings. The van der Waals surface area contributed by atoms with Gasteiger partial charge in [-0.05, 0) is 82.5 Å². The zero-order valence-corrected chi connectivity index (χ0v) is 22.7. The molecule has 2 aromatic carbocycles. The smallest absolute Gasteiger partial charge is 0.251 e. The third-order valence-corrected chi connectivity index (χ3v) is 7.36. The van der Waals surface area contributed by atoms with Gasteiger partial charge in [0.2, 0.25) is 5.91 Å². The standard InChI is InChI=1S/C30H38N4O4/c1-21-19-23(25-7-5-6-8-26(25)31-21)13-18-38-24-11-9-22(10-12-24)28(36)32-30(20-27(35)33-37)14-16-34(17-15-30)29(2,3)4/h5-12,19,37H,13-18,20H2,1-4H3,(H,32,36)(H,33,35). The number of hydroxylamine groups is 1. The van der Waals surface area contributed by atoms with Crippen LogP contribution in [0.2, 0.25) is 0 Å². The number of likely N-dealkylation sites (tertiary alicyclic amines) is 1. The van der Waals surface area contributed by atoms with Gasteiger partial charge in [-0.2, -0.15) is 0 Å². The van der Waals surface area contributed by atoms with E-state index in [0.717, 1.165) is 36.1 Å². The number of hydrogen-bond acceptors (Lipinski definition) is 6. The lowest BCUT2D eigenvalue weighted by atomic mass is 9.82. The van der Waals surface area contributed by atoms with Crippen molar-refractivity contribution in [1.82, 2.24) is 20.7 Å². The summed E-state index contributed by atoms with van der Waals surface area (Å²) in [7, 11) is 0. The normalized spacial score (nSPS) is 15.7. The van der Waals surface area contributed by atoms with Crippen molar-refractivity contribution in [3.8, 4) is 5.75 Å². The van der Waals surface area contributed by atoms with Gasteiger partial charge >= 0.3 is 0 Å². The Balaban J connectivity index is 1.37. The summed E-state index contributed by atoms with van der Waals surface area (Å²) in [5.74, 6) is -0.0647. The van der Waals surface area contributed by atoms with E-state index in [-0.39, 0.29) is 17.9 Å². The average Bonchev–Trinajstić information content (AvgIpc) is 2.88. The van der Waals surface area contributed by atoms with Gasteiger partial charge < -0.3 is 10.1 Å². The Kier molecular flexibility index (Phi) is 8.33. The number of benzene rings is 2. The van der Waals surface area contributed by atoms with Gasteiger partial charge in [0.15, 0.2) is 0 Å². The van der Waals surface area contributed by atoms with Crippen LogP contribution >= 0.6 is 0 Å². The molecule has 2 amide bonds. The fraction of sp³-hybridized carbons (Fsp3) is 0.433. The third kappa shape index (κ3) is 6.68. The molecule has 38 heavy (non-hydrogen) atoms. The Morgan fingerprint density at radius 3 is 2.42 bits per heavy atom. The number of pyridine rings is 1. The number of ether oxygens (including phenoxy) is 1. The maximum Gasteiger partial charge on any atom is 0.251 e. The highest BCUT2D eigenvalue weighted by atomic mass is 16.5. The monoisotopic (exact) mass is 518 g/mol. The van der Waals surface area contributed by atoms with Crippen LogP contribution < -0.4 is 15.5 Å². The first-order valence-electron chi connectivity index (χ1n) is 13.2. The van der Waals surface area contributed by atoms with Crippen LogP contribution in [0.1, 0.15) is 61.6 Å². The summed E-state index contributed by atoms with van der Waals surface area (Å²) in [5.41, 5.74) is 4.66. The molecule has 1 aromatic heterocycles. The van der Waals surface area contributed by atoms with E-state index < -0.39 is 11.4 Å². The molecule has 0 unspecified atom stereocenters. The highest BCUT2D eigenvalue weighted by Crippen LogP contribution is 2.30. The quantitative estimate of drug-likeness (QED) is 0.301. The number of piperidine rings is 1. The van der Waals surface area contributed by atoms with E-state index in [1.54, 1.807) is 29.7 Å². The van der Waals surface area contributed by atoms with Crippen molar-refractivity contribution in [2.24, 2.45) is 0 Å². The van der Waals surface area contributed by atoms with Crippen LogP contribution in [0.25, 0.3) is 10.9 Å². The first kappa shape index (κ1) is 27.5. The highest BCUT2D eigenvalue weighted by Gasteiger charge is 2.40. The molecule has 8 nitrogen and oxygen atoms in total. The lowest BCUT2D eigenvalue weighted by Gasteiger charge is -2.46. The largest absolute Gasteiger partial charge is 0.493 e. The predicted octanol–water partition coefficient (Wildman–Crippen LogP) is 4.42. The molecule has 202 valence electrons. The highest BCUT2D eigenvalue weighted by molar-refractivity contribution is 5.95. The van der Waals surface area contributed by atoms with Crippen LogP contribution in [0.5, 0.6) is 5.75 Å². The zero-order chi connectivity index (χ0) is 27.3. The number of para-hydroxylation sites is 1. The molecule has 0 spiro atoms. The Morgan fingerprint density at radius 1 is 1.08 bits per heavy atom. The Hall–Kier alpha value is -3.49. The van der Waals surface area contributed by atoms with Gasteiger partial charge in [0.05, 0.1) is 24.1 Å². The molecular formula is C30H38N4O4. The molecule has 8 heteroatoms. The molecule has 1 aliphatic heterocycles.